The SMILES string of the molecule is CC(C)(C)c1ccc(-c2ccc3c(c2)c2ccccc2c2nnc(-c4ccc(I)cc4)n32)cc1. The highest BCUT2D eigenvalue weighted by molar-refractivity contribution is 14.1. The first-order valence-electron chi connectivity index (χ1n) is 11.5. The van der Waals surface area contributed by atoms with Crippen molar-refractivity contribution in [1.82, 2.24) is 14.6 Å². The molecule has 0 aliphatic heterocycles. The van der Waals surface area contributed by atoms with Crippen LogP contribution in [0.1, 0.15) is 26.3 Å². The van der Waals surface area contributed by atoms with E-state index >= 15 is 0 Å². The van der Waals surface area contributed by atoms with Crippen LogP contribution in [-0.4, -0.2) is 14.6 Å². The standard InChI is InChI=1S/C30H24IN3/c1-30(2,3)22-13-8-19(9-14-22)21-12-17-27-26(18-21)24-6-4-5-7-25(24)29-33-32-28(34(27)29)20-10-15-23(31)16-11-20/h4-18H,1-3H3. The fraction of sp³-hybridized carbons (Fsp3) is 0.133. The third-order valence-electron chi connectivity index (χ3n) is 6.55. The van der Waals surface area contributed by atoms with Crippen molar-refractivity contribution in [2.75, 3.05) is 0 Å². The Balaban J connectivity index is 1.62. The molecule has 0 aliphatic carbocycles. The highest BCUT2D eigenvalue weighted by atomic mass is 127. The predicted molar refractivity (Wildman–Crippen MR) is 150 cm³/mol. The van der Waals surface area contributed by atoms with Gasteiger partial charge < -0.3 is 0 Å². The molecule has 0 atom stereocenters. The fourth-order valence-corrected chi connectivity index (χ4v) is 5.03. The molecule has 0 saturated heterocycles. The van der Waals surface area contributed by atoms with Gasteiger partial charge >= 0.3 is 0 Å². The molecule has 2 aromatic heterocycles. The van der Waals surface area contributed by atoms with Crippen LogP contribution in [0.4, 0.5) is 0 Å². The van der Waals surface area contributed by atoms with Crippen LogP contribution in [-0.2, 0) is 5.41 Å². The van der Waals surface area contributed by atoms with E-state index in [4.69, 9.17) is 0 Å². The van der Waals surface area contributed by atoms with E-state index in [1.54, 1.807) is 0 Å². The second kappa shape index (κ2) is 7.91. The Morgan fingerprint density at radius 3 is 2.00 bits per heavy atom. The van der Waals surface area contributed by atoms with Gasteiger partial charge in [0, 0.05) is 19.9 Å². The van der Waals surface area contributed by atoms with E-state index in [9.17, 15) is 0 Å². The quantitative estimate of drug-likeness (QED) is 0.160. The second-order valence-corrected chi connectivity index (χ2v) is 11.0. The molecular formula is C30H24IN3. The summed E-state index contributed by atoms with van der Waals surface area (Å²) in [5.41, 5.74) is 6.98. The van der Waals surface area contributed by atoms with Gasteiger partial charge in [-0.05, 0) is 74.3 Å². The fourth-order valence-electron chi connectivity index (χ4n) is 4.67. The maximum absolute atomic E-state index is 4.62. The molecule has 3 nitrogen and oxygen atoms in total. The van der Waals surface area contributed by atoms with Crippen molar-refractivity contribution in [2.45, 2.75) is 26.2 Å². The third-order valence-corrected chi connectivity index (χ3v) is 7.26. The summed E-state index contributed by atoms with van der Waals surface area (Å²) in [5.74, 6) is 0.865. The van der Waals surface area contributed by atoms with Gasteiger partial charge in [-0.2, -0.15) is 0 Å². The van der Waals surface area contributed by atoms with Crippen molar-refractivity contribution in [3.63, 3.8) is 0 Å². The Kier molecular flexibility index (Phi) is 4.96. The zero-order valence-electron chi connectivity index (χ0n) is 19.4. The lowest BCUT2D eigenvalue weighted by molar-refractivity contribution is 0.590. The molecule has 6 aromatic rings. The van der Waals surface area contributed by atoms with Crippen molar-refractivity contribution in [3.8, 4) is 22.5 Å². The number of aromatic nitrogens is 3. The first kappa shape index (κ1) is 21.3. The van der Waals surface area contributed by atoms with E-state index in [2.05, 4.69) is 149 Å². The Hall–Kier alpha value is -3.25. The van der Waals surface area contributed by atoms with Crippen molar-refractivity contribution >= 4 is 49.9 Å². The van der Waals surface area contributed by atoms with Crippen LogP contribution >= 0.6 is 22.6 Å². The van der Waals surface area contributed by atoms with E-state index < -0.39 is 0 Å². The molecule has 0 bridgehead atoms. The zero-order chi connectivity index (χ0) is 23.4. The number of fused-ring (bicyclic) bond motifs is 6. The summed E-state index contributed by atoms with van der Waals surface area (Å²) in [6, 6.07) is 32.6. The molecule has 6 rings (SSSR count). The molecule has 0 fully saturated rings. The number of rotatable bonds is 2. The summed E-state index contributed by atoms with van der Waals surface area (Å²) in [5, 5.41) is 12.7. The molecule has 34 heavy (non-hydrogen) atoms. The average molecular weight is 553 g/mol. The lowest BCUT2D eigenvalue weighted by Gasteiger charge is -2.19. The van der Waals surface area contributed by atoms with Crippen molar-refractivity contribution < 1.29 is 0 Å². The first-order valence-corrected chi connectivity index (χ1v) is 12.5. The van der Waals surface area contributed by atoms with Crippen molar-refractivity contribution in [2.24, 2.45) is 0 Å². The van der Waals surface area contributed by atoms with Crippen molar-refractivity contribution in [3.05, 3.63) is 100 Å². The van der Waals surface area contributed by atoms with Gasteiger partial charge in [0.1, 0.15) is 0 Å². The van der Waals surface area contributed by atoms with Gasteiger partial charge in [0.25, 0.3) is 0 Å². The number of hydrogen-bond acceptors (Lipinski definition) is 2. The van der Waals surface area contributed by atoms with Crippen LogP contribution in [0.25, 0.3) is 49.8 Å². The number of hydrogen-bond donors (Lipinski definition) is 0. The second-order valence-electron chi connectivity index (χ2n) is 9.79. The molecule has 4 aromatic carbocycles. The van der Waals surface area contributed by atoms with E-state index in [0.29, 0.717) is 0 Å². The summed E-state index contributed by atoms with van der Waals surface area (Å²) in [6.07, 6.45) is 0. The summed E-state index contributed by atoms with van der Waals surface area (Å²) in [6.45, 7) is 6.75. The van der Waals surface area contributed by atoms with Crippen molar-refractivity contribution in [1.29, 1.82) is 0 Å². The molecule has 0 amide bonds. The molecule has 2 heterocycles. The van der Waals surface area contributed by atoms with Crippen LogP contribution in [0, 0.1) is 3.57 Å². The summed E-state index contributed by atoms with van der Waals surface area (Å²) >= 11 is 2.33. The smallest absolute Gasteiger partial charge is 0.169 e. The average Bonchev–Trinajstić information content (AvgIpc) is 3.29. The molecule has 0 N–H and O–H groups in total. The lowest BCUT2D eigenvalue weighted by Crippen LogP contribution is -2.10. The number of nitrogens with zero attached hydrogens (tertiary/aromatic N) is 3. The van der Waals surface area contributed by atoms with Gasteiger partial charge in [-0.25, -0.2) is 0 Å². The Morgan fingerprint density at radius 1 is 0.647 bits per heavy atom. The maximum Gasteiger partial charge on any atom is 0.169 e. The van der Waals surface area contributed by atoms with E-state index in [-0.39, 0.29) is 5.41 Å². The van der Waals surface area contributed by atoms with Gasteiger partial charge in [-0.3, -0.25) is 4.40 Å². The molecule has 0 unspecified atom stereocenters. The molecule has 0 saturated carbocycles. The minimum atomic E-state index is 0.143. The van der Waals surface area contributed by atoms with E-state index in [0.717, 1.165) is 27.9 Å². The summed E-state index contributed by atoms with van der Waals surface area (Å²) < 4.78 is 3.40. The van der Waals surface area contributed by atoms with Gasteiger partial charge in [0.2, 0.25) is 0 Å². The summed E-state index contributed by atoms with van der Waals surface area (Å²) in [7, 11) is 0. The molecule has 0 aliphatic rings. The van der Waals surface area contributed by atoms with Crippen LogP contribution in [0.2, 0.25) is 0 Å². The van der Waals surface area contributed by atoms with Crippen LogP contribution < -0.4 is 0 Å². The van der Waals surface area contributed by atoms with E-state index in [1.807, 2.05) is 0 Å². The lowest BCUT2D eigenvalue weighted by atomic mass is 9.86. The third kappa shape index (κ3) is 3.48. The van der Waals surface area contributed by atoms with Crippen LogP contribution in [0.3, 0.4) is 0 Å². The topological polar surface area (TPSA) is 30.2 Å². The summed E-state index contributed by atoms with van der Waals surface area (Å²) in [4.78, 5) is 0. The molecule has 166 valence electrons. The minimum Gasteiger partial charge on any atom is -0.274 e. The predicted octanol–water partition coefficient (Wildman–Crippen LogP) is 8.27. The monoisotopic (exact) mass is 553 g/mol. The Morgan fingerprint density at radius 2 is 1.29 bits per heavy atom. The first-order chi connectivity index (χ1) is 16.4. The highest BCUT2D eigenvalue weighted by Gasteiger charge is 2.17. The van der Waals surface area contributed by atoms with Gasteiger partial charge in [-0.1, -0.05) is 87.5 Å². The Bertz CT molecular complexity index is 1670. The van der Waals surface area contributed by atoms with Gasteiger partial charge in [-0.15, -0.1) is 10.2 Å². The van der Waals surface area contributed by atoms with Gasteiger partial charge in [0.15, 0.2) is 11.5 Å². The number of pyridine rings is 1. The molecular weight excluding hydrogens is 529 g/mol. The minimum absolute atomic E-state index is 0.143. The molecule has 4 heteroatoms. The Labute approximate surface area is 212 Å². The largest absolute Gasteiger partial charge is 0.274 e. The molecule has 0 radical (unpaired) electrons. The highest BCUT2D eigenvalue weighted by Crippen LogP contribution is 2.35. The molecule has 0 spiro atoms. The zero-order valence-corrected chi connectivity index (χ0v) is 21.5. The number of halogens is 1. The van der Waals surface area contributed by atoms with Crippen LogP contribution in [0.5, 0.6) is 0 Å². The normalized spacial score (nSPS) is 12.1. The van der Waals surface area contributed by atoms with E-state index in [1.165, 1.54) is 31.0 Å². The van der Waals surface area contributed by atoms with Crippen LogP contribution in [0.15, 0.2) is 91.0 Å². The van der Waals surface area contributed by atoms with Gasteiger partial charge in [0.05, 0.1) is 5.52 Å². The number of benzene rings is 4. The maximum atomic E-state index is 4.62.